The van der Waals surface area contributed by atoms with Gasteiger partial charge >= 0.3 is 11.9 Å². The Bertz CT molecular complexity index is 1790. The second kappa shape index (κ2) is 13.9. The fourth-order valence-electron chi connectivity index (χ4n) is 6.42. The van der Waals surface area contributed by atoms with Gasteiger partial charge in [0.25, 0.3) is 12.9 Å². The minimum absolute atomic E-state index is 0.125. The van der Waals surface area contributed by atoms with Crippen molar-refractivity contribution in [2.75, 3.05) is 24.6 Å². The van der Waals surface area contributed by atoms with Crippen molar-refractivity contribution in [3.8, 4) is 11.8 Å². The van der Waals surface area contributed by atoms with Crippen LogP contribution in [-0.2, 0) is 30.0 Å². The van der Waals surface area contributed by atoms with Gasteiger partial charge in [-0.3, -0.25) is 14.4 Å². The Morgan fingerprint density at radius 2 is 1.77 bits per heavy atom. The van der Waals surface area contributed by atoms with Crippen LogP contribution in [0.2, 0.25) is 0 Å². The van der Waals surface area contributed by atoms with Gasteiger partial charge in [-0.2, -0.15) is 9.84 Å². The number of carbonyl (C=O) groups is 4. The predicted octanol–water partition coefficient (Wildman–Crippen LogP) is 5.41. The molecule has 0 spiro atoms. The Labute approximate surface area is 273 Å². The summed E-state index contributed by atoms with van der Waals surface area (Å²) in [4.78, 5) is 47.3. The number of rotatable bonds is 14. The van der Waals surface area contributed by atoms with Gasteiger partial charge in [0, 0.05) is 28.4 Å². The number of carboxylic acids is 2. The van der Waals surface area contributed by atoms with Gasteiger partial charge < -0.3 is 24.6 Å². The summed E-state index contributed by atoms with van der Waals surface area (Å²) in [7, 11) is 0. The lowest BCUT2D eigenvalue weighted by Gasteiger charge is -2.26. The van der Waals surface area contributed by atoms with E-state index in [0.29, 0.717) is 42.9 Å². The lowest BCUT2D eigenvalue weighted by Crippen LogP contribution is -2.31. The van der Waals surface area contributed by atoms with E-state index >= 15 is 0 Å². The molecule has 4 rings (SSSR count). The van der Waals surface area contributed by atoms with Crippen molar-refractivity contribution < 1.29 is 43.4 Å². The molecule has 2 aliphatic rings. The minimum atomic E-state index is -1.03. The first-order chi connectivity index (χ1) is 22.3. The molecule has 2 N–H and O–H groups in total. The number of carbonyl (C=O) groups excluding carboxylic acids is 2. The van der Waals surface area contributed by atoms with Gasteiger partial charge in [0.15, 0.2) is 6.54 Å². The highest BCUT2D eigenvalue weighted by Gasteiger charge is 2.48. The SMILES string of the molecule is CCC(/C=C(\C#N)C1=[N+](CCC(=O)O)c2ccc(OC=O)cc2C1(C)C)=C\C=C1\N(CCOC=O)c2ccc(C(=O)O)cc2C1(C)C. The molecule has 2 aromatic rings. The largest absolute Gasteiger partial charge is 0.481 e. The molecule has 0 unspecified atom stereocenters. The molecule has 0 bridgehead atoms. The predicted molar refractivity (Wildman–Crippen MR) is 174 cm³/mol. The molecule has 0 saturated carbocycles. The average Bonchev–Trinajstić information content (AvgIpc) is 3.38. The molecule has 244 valence electrons. The normalized spacial score (nSPS) is 17.2. The van der Waals surface area contributed by atoms with Gasteiger partial charge in [-0.15, -0.1) is 0 Å². The number of ether oxygens (including phenoxy) is 2. The van der Waals surface area contributed by atoms with Crippen molar-refractivity contribution in [3.63, 3.8) is 0 Å². The van der Waals surface area contributed by atoms with E-state index in [-0.39, 0.29) is 25.1 Å². The Kier molecular flexibility index (Phi) is 10.1. The van der Waals surface area contributed by atoms with Crippen molar-refractivity contribution in [3.05, 3.63) is 88.2 Å². The number of hydrogen-bond acceptors (Lipinski definition) is 8. The van der Waals surface area contributed by atoms with Crippen LogP contribution in [0, 0.1) is 11.3 Å². The van der Waals surface area contributed by atoms with Crippen molar-refractivity contribution in [1.29, 1.82) is 5.26 Å². The first-order valence-electron chi connectivity index (χ1n) is 15.2. The van der Waals surface area contributed by atoms with Crippen LogP contribution in [0.1, 0.15) is 68.9 Å². The van der Waals surface area contributed by atoms with E-state index in [4.69, 9.17) is 9.47 Å². The number of nitriles is 1. The van der Waals surface area contributed by atoms with E-state index in [0.717, 1.165) is 33.8 Å². The number of allylic oxidation sites excluding steroid dienone is 6. The number of hydrogen-bond donors (Lipinski definition) is 2. The molecule has 0 aliphatic carbocycles. The molecule has 11 nitrogen and oxygen atoms in total. The van der Waals surface area contributed by atoms with Crippen molar-refractivity contribution in [1.82, 2.24) is 0 Å². The first-order valence-corrected chi connectivity index (χ1v) is 15.2. The van der Waals surface area contributed by atoms with Crippen LogP contribution in [0.25, 0.3) is 0 Å². The number of benzene rings is 2. The van der Waals surface area contributed by atoms with Crippen LogP contribution in [0.3, 0.4) is 0 Å². The summed E-state index contributed by atoms with van der Waals surface area (Å²) in [6.07, 6.45) is 6.06. The third-order valence-corrected chi connectivity index (χ3v) is 8.74. The average molecular weight is 641 g/mol. The van der Waals surface area contributed by atoms with Crippen LogP contribution in [0.5, 0.6) is 5.75 Å². The molecule has 0 amide bonds. The fourth-order valence-corrected chi connectivity index (χ4v) is 6.42. The third kappa shape index (κ3) is 6.72. The van der Waals surface area contributed by atoms with Crippen molar-refractivity contribution in [2.24, 2.45) is 0 Å². The van der Waals surface area contributed by atoms with Gasteiger partial charge in [0.2, 0.25) is 11.4 Å². The van der Waals surface area contributed by atoms with Crippen LogP contribution >= 0.6 is 0 Å². The molecular formula is C36H38N3O8+. The van der Waals surface area contributed by atoms with E-state index < -0.39 is 22.8 Å². The lowest BCUT2D eigenvalue weighted by molar-refractivity contribution is -0.437. The zero-order chi connectivity index (χ0) is 34.5. The highest BCUT2D eigenvalue weighted by molar-refractivity contribution is 6.10. The topological polar surface area (TPSA) is 157 Å². The maximum atomic E-state index is 11.8. The second-order valence-electron chi connectivity index (χ2n) is 12.3. The van der Waals surface area contributed by atoms with Gasteiger partial charge in [-0.25, -0.2) is 4.79 Å². The highest BCUT2D eigenvalue weighted by Crippen LogP contribution is 2.48. The highest BCUT2D eigenvalue weighted by atomic mass is 16.5. The number of aromatic carboxylic acids is 1. The van der Waals surface area contributed by atoms with Gasteiger partial charge in [-0.05, 0) is 73.9 Å². The molecule has 0 radical (unpaired) electrons. The standard InChI is InChI=1S/C36H37N3O8/c1-6-23(7-12-31-35(2,3)27-18-24(34(44)45)8-10-29(27)38(31)15-16-46-21-40)17-25(20-37)33-36(4,5)28-19-26(47-22-41)9-11-30(28)39(33)14-13-32(42)43/h7-12,17-19,21-22H,6,13-16H2,1-5H3,(H-,42,43,44,45)/p+1. The number of nitrogens with zero attached hydrogens (tertiary/aromatic N) is 3. The monoisotopic (exact) mass is 640 g/mol. The van der Waals surface area contributed by atoms with E-state index in [1.54, 1.807) is 42.5 Å². The van der Waals surface area contributed by atoms with E-state index in [1.165, 1.54) is 0 Å². The Balaban J connectivity index is 1.83. The molecule has 0 aromatic heterocycles. The van der Waals surface area contributed by atoms with Crippen LogP contribution < -0.4 is 9.64 Å². The zero-order valence-electron chi connectivity index (χ0n) is 27.1. The summed E-state index contributed by atoms with van der Waals surface area (Å²) < 4.78 is 11.9. The first kappa shape index (κ1) is 34.4. The molecule has 0 fully saturated rings. The summed E-state index contributed by atoms with van der Waals surface area (Å²) >= 11 is 0. The molecular weight excluding hydrogens is 602 g/mol. The molecule has 2 aromatic carbocycles. The van der Waals surface area contributed by atoms with Crippen molar-refractivity contribution in [2.45, 2.75) is 58.3 Å². The molecule has 47 heavy (non-hydrogen) atoms. The van der Waals surface area contributed by atoms with Gasteiger partial charge in [-0.1, -0.05) is 26.8 Å². The summed E-state index contributed by atoms with van der Waals surface area (Å²) in [6, 6.07) is 12.4. The van der Waals surface area contributed by atoms with E-state index in [9.17, 15) is 34.7 Å². The van der Waals surface area contributed by atoms with E-state index in [1.807, 2.05) is 56.2 Å². The van der Waals surface area contributed by atoms with Gasteiger partial charge in [0.05, 0.1) is 17.5 Å². The maximum Gasteiger partial charge on any atom is 0.335 e. The van der Waals surface area contributed by atoms with Crippen LogP contribution in [0.4, 0.5) is 11.4 Å². The molecule has 2 aliphatic heterocycles. The number of carboxylic acid groups (broad SMARTS) is 2. The Morgan fingerprint density at radius 3 is 2.38 bits per heavy atom. The maximum absolute atomic E-state index is 11.8. The molecule has 11 heteroatoms. The molecule has 2 heterocycles. The van der Waals surface area contributed by atoms with Gasteiger partial charge in [0.1, 0.15) is 30.4 Å². The summed E-state index contributed by atoms with van der Waals surface area (Å²) in [5.74, 6) is -1.66. The number of anilines is 1. The smallest absolute Gasteiger partial charge is 0.335 e. The Hall–Kier alpha value is -5.50. The van der Waals surface area contributed by atoms with Crippen molar-refractivity contribution >= 4 is 42.0 Å². The van der Waals surface area contributed by atoms with E-state index in [2.05, 4.69) is 6.07 Å². The van der Waals surface area contributed by atoms with Crippen LogP contribution in [0.15, 0.2) is 71.5 Å². The third-order valence-electron chi connectivity index (χ3n) is 8.74. The zero-order valence-corrected chi connectivity index (χ0v) is 27.1. The molecule has 0 saturated heterocycles. The number of aliphatic carboxylic acids is 1. The fraction of sp³-hybridized carbons (Fsp3) is 0.333. The second-order valence-corrected chi connectivity index (χ2v) is 12.3. The van der Waals surface area contributed by atoms with Crippen LogP contribution in [-0.4, -0.2) is 65.1 Å². The lowest BCUT2D eigenvalue weighted by atomic mass is 9.78. The quantitative estimate of drug-likeness (QED) is 0.0899. The summed E-state index contributed by atoms with van der Waals surface area (Å²) in [5.41, 5.74) is 4.66. The summed E-state index contributed by atoms with van der Waals surface area (Å²) in [6.45, 7) is 11.2. The minimum Gasteiger partial charge on any atom is -0.481 e. The molecule has 0 atom stereocenters. The Morgan fingerprint density at radius 1 is 1.02 bits per heavy atom. The summed E-state index contributed by atoms with van der Waals surface area (Å²) in [5, 5.41) is 29.6. The number of fused-ring (bicyclic) bond motifs is 2.